The zero-order valence-corrected chi connectivity index (χ0v) is 22.6. The predicted molar refractivity (Wildman–Crippen MR) is 141 cm³/mol. The normalized spacial score (nSPS) is 12.2. The van der Waals surface area contributed by atoms with Crippen molar-refractivity contribution in [2.75, 3.05) is 6.61 Å². The predicted octanol–water partition coefficient (Wildman–Crippen LogP) is 4.93. The first-order valence-electron chi connectivity index (χ1n) is 11.7. The van der Waals surface area contributed by atoms with E-state index in [-0.39, 0.29) is 49.2 Å². The molecule has 4 aromatic carbocycles. The van der Waals surface area contributed by atoms with Crippen LogP contribution in [-0.2, 0) is 24.4 Å². The molecule has 0 unspecified atom stereocenters. The van der Waals surface area contributed by atoms with Crippen molar-refractivity contribution in [3.05, 3.63) is 97.1 Å². The fraction of sp³-hybridized carbons (Fsp3) is 0.143. The van der Waals surface area contributed by atoms with Crippen LogP contribution in [0.3, 0.4) is 0 Å². The lowest BCUT2D eigenvalue weighted by Gasteiger charge is -2.30. The Morgan fingerprint density at radius 1 is 0.564 bits per heavy atom. The number of hydrogen-bond donors (Lipinski definition) is 2. The van der Waals surface area contributed by atoms with Crippen LogP contribution in [0.25, 0.3) is 0 Å². The van der Waals surface area contributed by atoms with Gasteiger partial charge in [-0.2, -0.15) is 0 Å². The molecule has 0 aliphatic rings. The van der Waals surface area contributed by atoms with Crippen LogP contribution >= 0.6 is 0 Å². The van der Waals surface area contributed by atoms with Crippen molar-refractivity contribution in [3.63, 3.8) is 0 Å². The van der Waals surface area contributed by atoms with Crippen LogP contribution in [0, 0.1) is 0 Å². The Hall–Kier alpha value is -4.06. The molecule has 11 heteroatoms. The summed E-state index contributed by atoms with van der Waals surface area (Å²) in [6, 6.07) is 21.8. The lowest BCUT2D eigenvalue weighted by molar-refractivity contribution is -0.287. The summed E-state index contributed by atoms with van der Waals surface area (Å²) in [4.78, 5) is 0.134. The molecule has 4 aromatic rings. The summed E-state index contributed by atoms with van der Waals surface area (Å²) in [5, 5.41) is 18.8. The zero-order chi connectivity index (χ0) is 28.3. The average Bonchev–Trinajstić information content (AvgIpc) is 2.90. The molecule has 0 heterocycles. The van der Waals surface area contributed by atoms with Crippen molar-refractivity contribution in [3.8, 4) is 23.0 Å². The third-order valence-corrected chi connectivity index (χ3v) is 9.15. The van der Waals surface area contributed by atoms with Gasteiger partial charge in [0.2, 0.25) is 19.7 Å². The molecule has 0 saturated heterocycles. The number of ether oxygens (including phenoxy) is 3. The minimum Gasteiger partial charge on any atom is -0.508 e. The Labute approximate surface area is 226 Å². The van der Waals surface area contributed by atoms with Crippen molar-refractivity contribution < 1.29 is 41.3 Å². The zero-order valence-electron chi connectivity index (χ0n) is 21.0. The Morgan fingerprint density at radius 3 is 1.13 bits per heavy atom. The standard InChI is InChI=1S/C28H26O9S2/c1-3-35-28(2,36-22-8-16-26(17-9-22)38(31,32)24-12-4-20(29)5-13-24)37-23-10-18-27(19-11-23)39(33,34)25-14-6-21(30)7-15-25/h4-19,29-30H,3H2,1-2H3. The van der Waals surface area contributed by atoms with Crippen molar-refractivity contribution in [2.45, 2.75) is 39.4 Å². The van der Waals surface area contributed by atoms with Gasteiger partial charge in [0.05, 0.1) is 26.2 Å². The van der Waals surface area contributed by atoms with Crippen LogP contribution < -0.4 is 9.47 Å². The van der Waals surface area contributed by atoms with Crippen LogP contribution in [0.5, 0.6) is 23.0 Å². The van der Waals surface area contributed by atoms with E-state index in [0.717, 1.165) is 0 Å². The Kier molecular flexibility index (Phi) is 7.86. The summed E-state index contributed by atoms with van der Waals surface area (Å²) in [5.41, 5.74) is 0. The lowest BCUT2D eigenvalue weighted by Crippen LogP contribution is -2.42. The number of phenolic OH excluding ortho intramolecular Hbond substituents is 2. The van der Waals surface area contributed by atoms with Crippen LogP contribution in [0.15, 0.2) is 117 Å². The SMILES string of the molecule is CCOC(C)(Oc1ccc(S(=O)(=O)c2ccc(O)cc2)cc1)Oc1ccc(S(=O)(=O)c2ccc(O)cc2)cc1. The summed E-state index contributed by atoms with van der Waals surface area (Å²) >= 11 is 0. The van der Waals surface area contributed by atoms with Gasteiger partial charge in [-0.25, -0.2) is 16.8 Å². The number of sulfone groups is 2. The molecule has 4 rings (SSSR count). The van der Waals surface area contributed by atoms with Gasteiger partial charge in [-0.05, 0) is 104 Å². The second kappa shape index (κ2) is 11.0. The third-order valence-electron chi connectivity index (χ3n) is 5.58. The topological polar surface area (TPSA) is 136 Å². The lowest BCUT2D eigenvalue weighted by atomic mass is 10.3. The molecule has 0 fully saturated rings. The Balaban J connectivity index is 1.51. The highest BCUT2D eigenvalue weighted by Gasteiger charge is 2.31. The smallest absolute Gasteiger partial charge is 0.368 e. The van der Waals surface area contributed by atoms with Gasteiger partial charge in [0.15, 0.2) is 0 Å². The van der Waals surface area contributed by atoms with E-state index in [1.165, 1.54) is 104 Å². The van der Waals surface area contributed by atoms with Crippen molar-refractivity contribution in [1.29, 1.82) is 0 Å². The van der Waals surface area contributed by atoms with E-state index in [2.05, 4.69) is 0 Å². The van der Waals surface area contributed by atoms with Gasteiger partial charge in [0.1, 0.15) is 23.0 Å². The fourth-order valence-electron chi connectivity index (χ4n) is 3.67. The van der Waals surface area contributed by atoms with Gasteiger partial charge < -0.3 is 24.4 Å². The van der Waals surface area contributed by atoms with Crippen LogP contribution in [0.4, 0.5) is 0 Å². The molecule has 0 aliphatic carbocycles. The molecule has 0 atom stereocenters. The molecule has 9 nitrogen and oxygen atoms in total. The van der Waals surface area contributed by atoms with Gasteiger partial charge >= 0.3 is 5.97 Å². The number of phenols is 2. The third kappa shape index (κ3) is 6.33. The molecule has 0 aliphatic heterocycles. The number of hydrogen-bond acceptors (Lipinski definition) is 9. The van der Waals surface area contributed by atoms with Gasteiger partial charge in [-0.3, -0.25) is 0 Å². The largest absolute Gasteiger partial charge is 0.508 e. The van der Waals surface area contributed by atoms with E-state index in [9.17, 15) is 27.0 Å². The quantitative estimate of drug-likeness (QED) is 0.254. The van der Waals surface area contributed by atoms with Crippen molar-refractivity contribution in [2.24, 2.45) is 0 Å². The molecule has 2 N–H and O–H groups in total. The Morgan fingerprint density at radius 2 is 0.846 bits per heavy atom. The molecular weight excluding hydrogens is 544 g/mol. The van der Waals surface area contributed by atoms with E-state index in [1.54, 1.807) is 6.92 Å². The second-order valence-electron chi connectivity index (χ2n) is 8.44. The summed E-state index contributed by atoms with van der Waals surface area (Å²) in [6.07, 6.45) is 0. The summed E-state index contributed by atoms with van der Waals surface area (Å²) < 4.78 is 68.9. The molecule has 0 saturated carbocycles. The van der Waals surface area contributed by atoms with E-state index in [1.807, 2.05) is 0 Å². The highest BCUT2D eigenvalue weighted by atomic mass is 32.2. The maximum absolute atomic E-state index is 12.9. The highest BCUT2D eigenvalue weighted by Crippen LogP contribution is 2.29. The van der Waals surface area contributed by atoms with Crippen molar-refractivity contribution >= 4 is 19.7 Å². The Bertz CT molecular complexity index is 1510. The minimum atomic E-state index is -3.80. The van der Waals surface area contributed by atoms with Gasteiger partial charge in [-0.1, -0.05) is 0 Å². The van der Waals surface area contributed by atoms with Crippen molar-refractivity contribution in [1.82, 2.24) is 0 Å². The molecule has 0 spiro atoms. The van der Waals surface area contributed by atoms with E-state index in [0.29, 0.717) is 0 Å². The number of benzene rings is 4. The molecule has 0 radical (unpaired) electrons. The minimum absolute atomic E-state index is 0.0324. The van der Waals surface area contributed by atoms with Crippen LogP contribution in [0.1, 0.15) is 13.8 Å². The molecule has 204 valence electrons. The maximum Gasteiger partial charge on any atom is 0.368 e. The van der Waals surface area contributed by atoms with E-state index in [4.69, 9.17) is 14.2 Å². The van der Waals surface area contributed by atoms with Gasteiger partial charge in [0, 0.05) is 6.92 Å². The monoisotopic (exact) mass is 570 g/mol. The van der Waals surface area contributed by atoms with Gasteiger partial charge in [-0.15, -0.1) is 0 Å². The summed E-state index contributed by atoms with van der Waals surface area (Å²) in [7, 11) is -7.61. The first-order valence-corrected chi connectivity index (χ1v) is 14.7. The summed E-state index contributed by atoms with van der Waals surface area (Å²) in [6.45, 7) is 3.49. The maximum atomic E-state index is 12.9. The molecule has 0 aromatic heterocycles. The molecule has 0 bridgehead atoms. The average molecular weight is 571 g/mol. The number of rotatable bonds is 10. The molecular formula is C28H26O9S2. The summed E-state index contributed by atoms with van der Waals surface area (Å²) in [5.74, 6) is -1.17. The van der Waals surface area contributed by atoms with E-state index < -0.39 is 25.6 Å². The highest BCUT2D eigenvalue weighted by molar-refractivity contribution is 7.91. The molecule has 39 heavy (non-hydrogen) atoms. The fourth-order valence-corrected chi connectivity index (χ4v) is 6.19. The first kappa shape index (κ1) is 28.0. The first-order chi connectivity index (χ1) is 18.4. The molecule has 0 amide bonds. The van der Waals surface area contributed by atoms with Crippen LogP contribution in [-0.4, -0.2) is 39.6 Å². The van der Waals surface area contributed by atoms with Gasteiger partial charge in [0.25, 0.3) is 0 Å². The second-order valence-corrected chi connectivity index (χ2v) is 12.3. The van der Waals surface area contributed by atoms with Crippen LogP contribution in [0.2, 0.25) is 0 Å². The van der Waals surface area contributed by atoms with E-state index >= 15 is 0 Å². The number of aromatic hydroxyl groups is 2.